The second kappa shape index (κ2) is 6.67. The molecule has 24 heavy (non-hydrogen) atoms. The molecule has 7 nitrogen and oxygen atoms in total. The maximum Gasteiger partial charge on any atom is 0.214 e. The monoisotopic (exact) mass is 352 g/mol. The molecule has 1 aliphatic rings. The topological polar surface area (TPSA) is 97.5 Å². The van der Waals surface area contributed by atoms with Crippen molar-refractivity contribution in [1.29, 1.82) is 5.26 Å². The van der Waals surface area contributed by atoms with Gasteiger partial charge in [-0.25, -0.2) is 17.7 Å². The van der Waals surface area contributed by atoms with Crippen molar-refractivity contribution in [2.75, 3.05) is 37.8 Å². The summed E-state index contributed by atoms with van der Waals surface area (Å²) in [7, 11) is -0.432. The molecule has 0 saturated carbocycles. The van der Waals surface area contributed by atoms with Crippen molar-refractivity contribution in [3.8, 4) is 6.07 Å². The van der Waals surface area contributed by atoms with Crippen molar-refractivity contribution in [3.63, 3.8) is 0 Å². The number of aryl methyl sites for hydroxylation is 1. The Morgan fingerprint density at radius 2 is 1.92 bits per heavy atom. The van der Waals surface area contributed by atoms with Crippen molar-refractivity contribution in [2.24, 2.45) is 5.92 Å². The molecule has 1 fully saturated rings. The summed E-state index contributed by atoms with van der Waals surface area (Å²) in [5.41, 5.74) is 3.17. The van der Waals surface area contributed by atoms with Gasteiger partial charge >= 0.3 is 0 Å². The molecule has 1 aromatic heterocycles. The van der Waals surface area contributed by atoms with Crippen LogP contribution in [0.4, 0.5) is 5.82 Å². The van der Waals surface area contributed by atoms with E-state index in [-0.39, 0.29) is 12.3 Å². The van der Waals surface area contributed by atoms with Gasteiger partial charge < -0.3 is 10.0 Å². The van der Waals surface area contributed by atoms with Crippen molar-refractivity contribution >= 4 is 15.8 Å². The normalized spacial score (nSPS) is 21.3. The van der Waals surface area contributed by atoms with E-state index in [1.807, 2.05) is 25.7 Å². The smallest absolute Gasteiger partial charge is 0.214 e. The molecular formula is C16H24N4O3S. The summed E-state index contributed by atoms with van der Waals surface area (Å²) in [5, 5.41) is 19.8. The standard InChI is InChI=1S/C16H24N4O3S/c1-10-11(2)14(6-17)16(18-12(10)3)20-7-13(15(21)8-20)9-24(22,23)19(4)5/h13,15,21H,7-9H2,1-5H3/t13-,15-/m0/s1. The number of anilines is 1. The van der Waals surface area contributed by atoms with Crippen LogP contribution < -0.4 is 4.90 Å². The fourth-order valence-electron chi connectivity index (χ4n) is 2.90. The number of β-amino-alcohol motifs (C(OH)–C–C–N with tert-alkyl or cyclic N) is 1. The minimum Gasteiger partial charge on any atom is -0.391 e. The molecule has 0 bridgehead atoms. The summed E-state index contributed by atoms with van der Waals surface area (Å²) in [6.07, 6.45) is -0.769. The lowest BCUT2D eigenvalue weighted by Crippen LogP contribution is -2.33. The summed E-state index contributed by atoms with van der Waals surface area (Å²) in [4.78, 5) is 6.34. The number of nitrogens with zero attached hydrogens (tertiary/aromatic N) is 4. The minimum absolute atomic E-state index is 0.122. The molecule has 0 amide bonds. The van der Waals surface area contributed by atoms with E-state index >= 15 is 0 Å². The Hall–Kier alpha value is -1.69. The van der Waals surface area contributed by atoms with Crippen LogP contribution in [-0.4, -0.2) is 61.9 Å². The predicted octanol–water partition coefficient (Wildman–Crippen LogP) is 0.567. The maximum absolute atomic E-state index is 12.1. The predicted molar refractivity (Wildman–Crippen MR) is 92.3 cm³/mol. The molecule has 2 heterocycles. The number of nitriles is 1. The second-order valence-corrected chi connectivity index (χ2v) is 8.78. The van der Waals surface area contributed by atoms with Crippen LogP contribution in [0.1, 0.15) is 22.4 Å². The number of sulfonamides is 1. The molecule has 132 valence electrons. The highest BCUT2D eigenvalue weighted by Crippen LogP contribution is 2.30. The average molecular weight is 352 g/mol. The van der Waals surface area contributed by atoms with Gasteiger partial charge in [-0.05, 0) is 31.9 Å². The molecule has 0 radical (unpaired) electrons. The van der Waals surface area contributed by atoms with Crippen molar-refractivity contribution in [3.05, 3.63) is 22.4 Å². The number of rotatable bonds is 4. The molecule has 1 saturated heterocycles. The quantitative estimate of drug-likeness (QED) is 0.851. The first-order valence-corrected chi connectivity index (χ1v) is 9.40. The van der Waals surface area contributed by atoms with Crippen molar-refractivity contribution in [1.82, 2.24) is 9.29 Å². The number of aromatic nitrogens is 1. The molecular weight excluding hydrogens is 328 g/mol. The van der Waals surface area contributed by atoms with Crippen LogP contribution in [0.3, 0.4) is 0 Å². The van der Waals surface area contributed by atoms with Gasteiger partial charge in [-0.15, -0.1) is 0 Å². The molecule has 8 heteroatoms. The summed E-state index contributed by atoms with van der Waals surface area (Å²) < 4.78 is 25.3. The van der Waals surface area contributed by atoms with Gasteiger partial charge in [-0.2, -0.15) is 5.26 Å². The Labute approximate surface area is 143 Å². The Bertz CT molecular complexity index is 783. The molecule has 0 unspecified atom stereocenters. The van der Waals surface area contributed by atoms with Crippen LogP contribution in [0.25, 0.3) is 0 Å². The Morgan fingerprint density at radius 3 is 2.46 bits per heavy atom. The Kier molecular flexibility index (Phi) is 5.18. The number of hydrogen-bond donors (Lipinski definition) is 1. The third kappa shape index (κ3) is 3.38. The van der Waals surface area contributed by atoms with Gasteiger partial charge in [0.25, 0.3) is 0 Å². The van der Waals surface area contributed by atoms with Crippen LogP contribution in [-0.2, 0) is 10.0 Å². The summed E-state index contributed by atoms with van der Waals surface area (Å²) in [6.45, 7) is 6.32. The van der Waals surface area contributed by atoms with E-state index in [9.17, 15) is 18.8 Å². The zero-order valence-electron chi connectivity index (χ0n) is 14.7. The largest absolute Gasteiger partial charge is 0.391 e. The van der Waals surface area contributed by atoms with Crippen LogP contribution in [0.2, 0.25) is 0 Å². The fourth-order valence-corrected chi connectivity index (χ4v) is 4.07. The van der Waals surface area contributed by atoms with Gasteiger partial charge in [0.1, 0.15) is 11.9 Å². The highest BCUT2D eigenvalue weighted by Gasteiger charge is 2.37. The lowest BCUT2D eigenvalue weighted by atomic mass is 10.0. The van der Waals surface area contributed by atoms with E-state index in [0.29, 0.717) is 17.9 Å². The SMILES string of the molecule is Cc1nc(N2C[C@@H](CS(=O)(=O)N(C)C)[C@@H](O)C2)c(C#N)c(C)c1C. The molecule has 1 N–H and O–H groups in total. The zero-order chi connectivity index (χ0) is 18.2. The van der Waals surface area contributed by atoms with E-state index in [0.717, 1.165) is 16.8 Å². The molecule has 1 aliphatic heterocycles. The number of aliphatic hydroxyl groups is 1. The van der Waals surface area contributed by atoms with Gasteiger partial charge in [0.05, 0.1) is 17.4 Å². The van der Waals surface area contributed by atoms with Crippen LogP contribution in [0, 0.1) is 38.0 Å². The lowest BCUT2D eigenvalue weighted by molar-refractivity contribution is 0.157. The highest BCUT2D eigenvalue weighted by atomic mass is 32.2. The van der Waals surface area contributed by atoms with Crippen LogP contribution >= 0.6 is 0 Å². The Balaban J connectivity index is 2.32. The second-order valence-electron chi connectivity index (χ2n) is 6.55. The van der Waals surface area contributed by atoms with E-state index in [2.05, 4.69) is 11.1 Å². The van der Waals surface area contributed by atoms with Crippen LogP contribution in [0.5, 0.6) is 0 Å². The van der Waals surface area contributed by atoms with Gasteiger partial charge in [0.2, 0.25) is 10.0 Å². The molecule has 2 rings (SSSR count). The van der Waals surface area contributed by atoms with E-state index < -0.39 is 22.0 Å². The first kappa shape index (κ1) is 18.6. The van der Waals surface area contributed by atoms with E-state index in [1.165, 1.54) is 18.4 Å². The third-order valence-electron chi connectivity index (χ3n) is 4.78. The van der Waals surface area contributed by atoms with Gasteiger partial charge in [0.15, 0.2) is 0 Å². The van der Waals surface area contributed by atoms with Crippen molar-refractivity contribution in [2.45, 2.75) is 26.9 Å². The number of hydrogen-bond acceptors (Lipinski definition) is 6. The van der Waals surface area contributed by atoms with Crippen LogP contribution in [0.15, 0.2) is 0 Å². The first-order valence-electron chi connectivity index (χ1n) is 7.79. The van der Waals surface area contributed by atoms with Crippen molar-refractivity contribution < 1.29 is 13.5 Å². The average Bonchev–Trinajstić information content (AvgIpc) is 2.84. The molecule has 0 aromatic carbocycles. The van der Waals surface area contributed by atoms with E-state index in [4.69, 9.17) is 0 Å². The van der Waals surface area contributed by atoms with E-state index in [1.54, 1.807) is 0 Å². The minimum atomic E-state index is -3.40. The molecule has 1 aromatic rings. The molecule has 0 aliphatic carbocycles. The molecule has 0 spiro atoms. The van der Waals surface area contributed by atoms with Gasteiger partial charge in [0, 0.05) is 38.8 Å². The third-order valence-corrected chi connectivity index (χ3v) is 6.74. The Morgan fingerprint density at radius 1 is 1.29 bits per heavy atom. The van der Waals surface area contributed by atoms with Gasteiger partial charge in [-0.1, -0.05) is 0 Å². The summed E-state index contributed by atoms with van der Waals surface area (Å²) in [6, 6.07) is 2.19. The fraction of sp³-hybridized carbons (Fsp3) is 0.625. The first-order chi connectivity index (χ1) is 11.1. The molecule has 2 atom stereocenters. The maximum atomic E-state index is 12.1. The summed E-state index contributed by atoms with van der Waals surface area (Å²) in [5.74, 6) is -0.00169. The zero-order valence-corrected chi connectivity index (χ0v) is 15.6. The summed E-state index contributed by atoms with van der Waals surface area (Å²) >= 11 is 0. The highest BCUT2D eigenvalue weighted by molar-refractivity contribution is 7.89. The lowest BCUT2D eigenvalue weighted by Gasteiger charge is -2.21. The van der Waals surface area contributed by atoms with Gasteiger partial charge in [-0.3, -0.25) is 0 Å². The number of pyridine rings is 1. The number of aliphatic hydroxyl groups excluding tert-OH is 1.